The van der Waals surface area contributed by atoms with Crippen LogP contribution in [-0.2, 0) is 4.74 Å². The van der Waals surface area contributed by atoms with E-state index < -0.39 is 0 Å². The Kier molecular flexibility index (Phi) is 4.89. The molecule has 2 rings (SSSR count). The lowest BCUT2D eigenvalue weighted by Crippen LogP contribution is -2.08. The van der Waals surface area contributed by atoms with E-state index in [9.17, 15) is 4.79 Å². The molecule has 0 saturated heterocycles. The summed E-state index contributed by atoms with van der Waals surface area (Å²) < 4.78 is 6.72. The van der Waals surface area contributed by atoms with Gasteiger partial charge in [0, 0.05) is 0 Å². The molecule has 6 heteroatoms. The van der Waals surface area contributed by atoms with Crippen molar-refractivity contribution in [2.24, 2.45) is 0 Å². The molecule has 2 aromatic rings. The van der Waals surface area contributed by atoms with Crippen LogP contribution in [0.25, 0.3) is 5.69 Å². The third-order valence-corrected chi connectivity index (χ3v) is 3.14. The zero-order chi connectivity index (χ0) is 16.1. The molecule has 0 amide bonds. The van der Waals surface area contributed by atoms with E-state index in [2.05, 4.69) is 16.4 Å². The van der Waals surface area contributed by atoms with Crippen molar-refractivity contribution in [3.63, 3.8) is 0 Å². The molecule has 0 N–H and O–H groups in total. The van der Waals surface area contributed by atoms with Crippen molar-refractivity contribution in [2.45, 2.75) is 33.1 Å². The maximum absolute atomic E-state index is 11.8. The number of aromatic nitrogens is 3. The monoisotopic (exact) mass is 298 g/mol. The summed E-state index contributed by atoms with van der Waals surface area (Å²) in [6.45, 7) is 6.31. The zero-order valence-corrected chi connectivity index (χ0v) is 12.9. The molecule has 1 aromatic carbocycles. The van der Waals surface area contributed by atoms with E-state index in [1.165, 1.54) is 0 Å². The zero-order valence-electron chi connectivity index (χ0n) is 12.9. The molecule has 0 fully saturated rings. The van der Waals surface area contributed by atoms with Crippen molar-refractivity contribution in [3.05, 3.63) is 41.2 Å². The predicted molar refractivity (Wildman–Crippen MR) is 80.7 cm³/mol. The predicted octanol–water partition coefficient (Wildman–Crippen LogP) is 2.83. The molecule has 6 nitrogen and oxygen atoms in total. The average molecular weight is 298 g/mol. The second-order valence-corrected chi connectivity index (χ2v) is 5.18. The molecule has 1 heterocycles. The van der Waals surface area contributed by atoms with Gasteiger partial charge in [0.05, 0.1) is 23.6 Å². The van der Waals surface area contributed by atoms with Crippen LogP contribution in [0.4, 0.5) is 0 Å². The van der Waals surface area contributed by atoms with Gasteiger partial charge < -0.3 is 4.74 Å². The van der Waals surface area contributed by atoms with Gasteiger partial charge >= 0.3 is 5.97 Å². The van der Waals surface area contributed by atoms with E-state index in [4.69, 9.17) is 10.00 Å². The number of carbonyl (C=O) groups is 1. The number of nitrogens with zero attached hydrogens (tertiary/aromatic N) is 4. The first-order chi connectivity index (χ1) is 10.6. The number of ether oxygens (including phenoxy) is 1. The standard InChI is InChI=1S/C16H18N4O2/c1-4-9-22-16(21)12-5-7-13(8-6-12)20-15(11(2)3)14(10-17)18-19-20/h5-8,11H,4,9H2,1-3H3. The first kappa shape index (κ1) is 15.7. The van der Waals surface area contributed by atoms with Crippen molar-refractivity contribution in [1.82, 2.24) is 15.0 Å². The Hall–Kier alpha value is -2.68. The number of hydrogen-bond donors (Lipinski definition) is 0. The first-order valence-electron chi connectivity index (χ1n) is 7.21. The van der Waals surface area contributed by atoms with Crippen LogP contribution >= 0.6 is 0 Å². The molecular formula is C16H18N4O2. The molecule has 0 radical (unpaired) electrons. The highest BCUT2D eigenvalue weighted by molar-refractivity contribution is 5.89. The molecule has 0 unspecified atom stereocenters. The molecule has 0 atom stereocenters. The van der Waals surface area contributed by atoms with Crippen molar-refractivity contribution in [1.29, 1.82) is 5.26 Å². The van der Waals surface area contributed by atoms with Crippen LogP contribution in [-0.4, -0.2) is 27.6 Å². The van der Waals surface area contributed by atoms with Crippen LogP contribution in [0.3, 0.4) is 0 Å². The van der Waals surface area contributed by atoms with Crippen LogP contribution < -0.4 is 0 Å². The highest BCUT2D eigenvalue weighted by Gasteiger charge is 2.17. The molecule has 114 valence electrons. The van der Waals surface area contributed by atoms with E-state index in [0.29, 0.717) is 17.9 Å². The van der Waals surface area contributed by atoms with Gasteiger partial charge in [-0.1, -0.05) is 26.0 Å². The van der Waals surface area contributed by atoms with E-state index in [1.54, 1.807) is 28.9 Å². The largest absolute Gasteiger partial charge is 0.462 e. The van der Waals surface area contributed by atoms with Crippen LogP contribution in [0, 0.1) is 11.3 Å². The molecule has 0 aliphatic heterocycles. The minimum absolute atomic E-state index is 0.110. The van der Waals surface area contributed by atoms with E-state index in [-0.39, 0.29) is 11.9 Å². The fraction of sp³-hybridized carbons (Fsp3) is 0.375. The van der Waals surface area contributed by atoms with Gasteiger partial charge in [-0.25, -0.2) is 9.48 Å². The number of benzene rings is 1. The third kappa shape index (κ3) is 3.14. The fourth-order valence-electron chi connectivity index (χ4n) is 2.09. The summed E-state index contributed by atoms with van der Waals surface area (Å²) >= 11 is 0. The highest BCUT2D eigenvalue weighted by atomic mass is 16.5. The van der Waals surface area contributed by atoms with Crippen molar-refractivity contribution in [2.75, 3.05) is 6.61 Å². The molecule has 0 saturated carbocycles. The second-order valence-electron chi connectivity index (χ2n) is 5.18. The maximum Gasteiger partial charge on any atom is 0.338 e. The topological polar surface area (TPSA) is 80.8 Å². The molecule has 22 heavy (non-hydrogen) atoms. The Morgan fingerprint density at radius 2 is 2.05 bits per heavy atom. The lowest BCUT2D eigenvalue weighted by molar-refractivity contribution is 0.0505. The van der Waals surface area contributed by atoms with E-state index in [0.717, 1.165) is 17.8 Å². The Labute approximate surface area is 129 Å². The summed E-state index contributed by atoms with van der Waals surface area (Å²) in [6, 6.07) is 8.96. The highest BCUT2D eigenvalue weighted by Crippen LogP contribution is 2.21. The molecule has 0 aliphatic rings. The fourth-order valence-corrected chi connectivity index (χ4v) is 2.09. The van der Waals surface area contributed by atoms with E-state index >= 15 is 0 Å². The van der Waals surface area contributed by atoms with Gasteiger partial charge in [-0.3, -0.25) is 0 Å². The minimum atomic E-state index is -0.339. The van der Waals surface area contributed by atoms with Gasteiger partial charge in [-0.05, 0) is 36.6 Å². The Balaban J connectivity index is 2.30. The second kappa shape index (κ2) is 6.85. The number of nitriles is 1. The van der Waals surface area contributed by atoms with Crippen LogP contribution in [0.2, 0.25) is 0 Å². The summed E-state index contributed by atoms with van der Waals surface area (Å²) in [5, 5.41) is 17.0. The number of carbonyl (C=O) groups excluding carboxylic acids is 1. The summed E-state index contributed by atoms with van der Waals surface area (Å²) in [7, 11) is 0. The molecule has 0 bridgehead atoms. The first-order valence-corrected chi connectivity index (χ1v) is 7.21. The minimum Gasteiger partial charge on any atom is -0.462 e. The van der Waals surface area contributed by atoms with Gasteiger partial charge in [0.1, 0.15) is 6.07 Å². The van der Waals surface area contributed by atoms with Crippen molar-refractivity contribution >= 4 is 5.97 Å². The molecular weight excluding hydrogens is 280 g/mol. The number of esters is 1. The Bertz CT molecular complexity index is 696. The Morgan fingerprint density at radius 1 is 1.36 bits per heavy atom. The van der Waals surface area contributed by atoms with Gasteiger partial charge in [-0.15, -0.1) is 5.10 Å². The summed E-state index contributed by atoms with van der Waals surface area (Å²) in [5.41, 5.74) is 2.32. The van der Waals surface area contributed by atoms with Gasteiger partial charge in [-0.2, -0.15) is 5.26 Å². The number of hydrogen-bond acceptors (Lipinski definition) is 5. The smallest absolute Gasteiger partial charge is 0.338 e. The van der Waals surface area contributed by atoms with Gasteiger partial charge in [0.15, 0.2) is 5.69 Å². The van der Waals surface area contributed by atoms with Crippen LogP contribution in [0.5, 0.6) is 0 Å². The summed E-state index contributed by atoms with van der Waals surface area (Å²) in [5.74, 6) is -0.229. The number of rotatable bonds is 5. The normalized spacial score (nSPS) is 10.5. The lowest BCUT2D eigenvalue weighted by Gasteiger charge is -2.10. The van der Waals surface area contributed by atoms with Gasteiger partial charge in [0.25, 0.3) is 0 Å². The SMILES string of the molecule is CCCOC(=O)c1ccc(-n2nnc(C#N)c2C(C)C)cc1. The van der Waals surface area contributed by atoms with Crippen molar-refractivity contribution < 1.29 is 9.53 Å². The average Bonchev–Trinajstić information content (AvgIpc) is 2.97. The molecule has 0 spiro atoms. The molecule has 0 aliphatic carbocycles. The van der Waals surface area contributed by atoms with Crippen LogP contribution in [0.1, 0.15) is 54.9 Å². The maximum atomic E-state index is 11.8. The molecule has 1 aromatic heterocycles. The Morgan fingerprint density at radius 3 is 2.59 bits per heavy atom. The summed E-state index contributed by atoms with van der Waals surface area (Å²) in [4.78, 5) is 11.8. The lowest BCUT2D eigenvalue weighted by atomic mass is 10.1. The quantitative estimate of drug-likeness (QED) is 0.793. The summed E-state index contributed by atoms with van der Waals surface area (Å²) in [6.07, 6.45) is 0.789. The van der Waals surface area contributed by atoms with Crippen molar-refractivity contribution in [3.8, 4) is 11.8 Å². The third-order valence-electron chi connectivity index (χ3n) is 3.14. The van der Waals surface area contributed by atoms with Crippen LogP contribution in [0.15, 0.2) is 24.3 Å². The van der Waals surface area contributed by atoms with E-state index in [1.807, 2.05) is 20.8 Å². The van der Waals surface area contributed by atoms with Gasteiger partial charge in [0.2, 0.25) is 0 Å².